The van der Waals surface area contributed by atoms with Crippen LogP contribution in [-0.2, 0) is 9.63 Å². The van der Waals surface area contributed by atoms with Crippen LogP contribution >= 0.6 is 11.8 Å². The van der Waals surface area contributed by atoms with Crippen LogP contribution in [0, 0.1) is 5.92 Å². The summed E-state index contributed by atoms with van der Waals surface area (Å²) in [6.45, 7) is 5.23. The van der Waals surface area contributed by atoms with Crippen LogP contribution in [0.4, 0.5) is 0 Å². The Morgan fingerprint density at radius 1 is 1.45 bits per heavy atom. The molecule has 1 saturated carbocycles. The van der Waals surface area contributed by atoms with Crippen molar-refractivity contribution in [2.45, 2.75) is 57.7 Å². The van der Waals surface area contributed by atoms with E-state index in [9.17, 15) is 9.59 Å². The molecule has 182 valence electrons. The average Bonchev–Trinajstić information content (AvgIpc) is 3.53. The maximum Gasteiger partial charge on any atom is 0.339 e. The van der Waals surface area contributed by atoms with Gasteiger partial charge in [-0.05, 0) is 45.1 Å². The SMILES string of the molecule is CCCC(NC(=O)C1(N)CSC(C(C)=NOCCCN)=N1)c1cc(OCC2CC2)cc(=O)o1. The molecule has 0 aromatic carbocycles. The zero-order valence-corrected chi connectivity index (χ0v) is 20.0. The fourth-order valence-corrected chi connectivity index (χ4v) is 4.17. The van der Waals surface area contributed by atoms with Crippen molar-refractivity contribution < 1.29 is 18.8 Å². The Morgan fingerprint density at radius 2 is 2.24 bits per heavy atom. The Balaban J connectivity index is 1.69. The van der Waals surface area contributed by atoms with Crippen LogP contribution in [0.5, 0.6) is 5.75 Å². The van der Waals surface area contributed by atoms with E-state index in [1.807, 2.05) is 6.92 Å². The summed E-state index contributed by atoms with van der Waals surface area (Å²) in [7, 11) is 0. The topological polar surface area (TPSA) is 155 Å². The normalized spacial score (nSPS) is 21.5. The number of carbonyl (C=O) groups is 1. The minimum atomic E-state index is -1.46. The number of carbonyl (C=O) groups excluding carboxylic acids is 1. The van der Waals surface area contributed by atoms with Gasteiger partial charge < -0.3 is 25.0 Å². The first kappa shape index (κ1) is 25.3. The van der Waals surface area contributed by atoms with Crippen molar-refractivity contribution in [2.24, 2.45) is 27.5 Å². The minimum absolute atomic E-state index is 0.261. The van der Waals surface area contributed by atoms with Crippen molar-refractivity contribution in [1.29, 1.82) is 0 Å². The second kappa shape index (κ2) is 11.7. The Bertz CT molecular complexity index is 945. The lowest BCUT2D eigenvalue weighted by atomic mass is 10.1. The van der Waals surface area contributed by atoms with Crippen LogP contribution in [0.2, 0.25) is 0 Å². The summed E-state index contributed by atoms with van der Waals surface area (Å²) in [4.78, 5) is 34.8. The van der Waals surface area contributed by atoms with Crippen LogP contribution in [0.15, 0.2) is 31.5 Å². The summed E-state index contributed by atoms with van der Waals surface area (Å²) in [6.07, 6.45) is 4.31. The summed E-state index contributed by atoms with van der Waals surface area (Å²) in [5.41, 5.74) is 10.3. The monoisotopic (exact) mass is 479 g/mol. The van der Waals surface area contributed by atoms with Crippen LogP contribution in [0.3, 0.4) is 0 Å². The van der Waals surface area contributed by atoms with Gasteiger partial charge in [0.15, 0.2) is 5.66 Å². The molecule has 1 aliphatic heterocycles. The molecule has 2 unspecified atom stereocenters. The average molecular weight is 480 g/mol. The van der Waals surface area contributed by atoms with Gasteiger partial charge in [-0.2, -0.15) is 0 Å². The van der Waals surface area contributed by atoms with Gasteiger partial charge in [0.05, 0.1) is 18.7 Å². The van der Waals surface area contributed by atoms with E-state index in [1.165, 1.54) is 17.8 Å². The van der Waals surface area contributed by atoms with Crippen LogP contribution < -0.4 is 27.1 Å². The maximum atomic E-state index is 13.1. The van der Waals surface area contributed by atoms with Gasteiger partial charge >= 0.3 is 5.63 Å². The zero-order chi connectivity index (χ0) is 23.8. The zero-order valence-electron chi connectivity index (χ0n) is 19.2. The number of amides is 1. The molecule has 33 heavy (non-hydrogen) atoms. The number of nitrogens with two attached hydrogens (primary N) is 2. The molecule has 2 atom stereocenters. The van der Waals surface area contributed by atoms with Crippen LogP contribution in [0.25, 0.3) is 0 Å². The van der Waals surface area contributed by atoms with Gasteiger partial charge in [-0.15, -0.1) is 11.8 Å². The van der Waals surface area contributed by atoms with E-state index < -0.39 is 23.2 Å². The van der Waals surface area contributed by atoms with E-state index in [0.29, 0.717) is 60.8 Å². The highest BCUT2D eigenvalue weighted by atomic mass is 32.2. The second-order valence-electron chi connectivity index (χ2n) is 8.37. The van der Waals surface area contributed by atoms with Crippen molar-refractivity contribution in [3.05, 3.63) is 28.3 Å². The molecular formula is C22H33N5O5S. The summed E-state index contributed by atoms with van der Waals surface area (Å²) in [6, 6.07) is 2.46. The molecule has 3 rings (SSSR count). The third-order valence-corrected chi connectivity index (χ3v) is 6.49. The smallest absolute Gasteiger partial charge is 0.339 e. The van der Waals surface area contributed by atoms with Gasteiger partial charge in [-0.1, -0.05) is 18.5 Å². The van der Waals surface area contributed by atoms with Crippen LogP contribution in [0.1, 0.15) is 57.8 Å². The predicted octanol–water partition coefficient (Wildman–Crippen LogP) is 1.93. The molecule has 0 spiro atoms. The molecule has 1 aromatic heterocycles. The van der Waals surface area contributed by atoms with E-state index in [4.69, 9.17) is 25.5 Å². The third-order valence-electron chi connectivity index (χ3n) is 5.25. The standard InChI is InChI=1S/C22H33N5O5S/c1-3-5-17(18-10-16(11-19(28)32-18)30-12-15-6-7-15)25-21(29)22(24)13-33-20(26-22)14(2)27-31-9-4-8-23/h10-11,15,17H,3-9,12-13,23-24H2,1-2H3,(H,25,29). The summed E-state index contributed by atoms with van der Waals surface area (Å²) in [5, 5.41) is 7.48. The minimum Gasteiger partial charge on any atom is -0.493 e. The number of nitrogens with one attached hydrogen (secondary N) is 1. The fourth-order valence-electron chi connectivity index (χ4n) is 3.14. The van der Waals surface area contributed by atoms with Crippen molar-refractivity contribution in [3.8, 4) is 5.75 Å². The molecule has 1 fully saturated rings. The van der Waals surface area contributed by atoms with Crippen molar-refractivity contribution >= 4 is 28.4 Å². The van der Waals surface area contributed by atoms with E-state index >= 15 is 0 Å². The number of thioether (sulfide) groups is 1. The molecule has 2 aliphatic rings. The Hall–Kier alpha value is -2.37. The number of aliphatic imine (C=N–C) groups is 1. The number of nitrogens with zero attached hydrogens (tertiary/aromatic N) is 2. The molecular weight excluding hydrogens is 446 g/mol. The first-order valence-corrected chi connectivity index (χ1v) is 12.3. The fraction of sp³-hybridized carbons (Fsp3) is 0.636. The molecule has 2 heterocycles. The van der Waals surface area contributed by atoms with Crippen molar-refractivity contribution in [3.63, 3.8) is 0 Å². The second-order valence-corrected chi connectivity index (χ2v) is 9.33. The van der Waals surface area contributed by atoms with Gasteiger partial charge in [-0.3, -0.25) is 10.5 Å². The largest absolute Gasteiger partial charge is 0.493 e. The van der Waals surface area contributed by atoms with Crippen molar-refractivity contribution in [1.82, 2.24) is 5.32 Å². The molecule has 0 saturated heterocycles. The Kier molecular flexibility index (Phi) is 8.93. The van der Waals surface area contributed by atoms with Gasteiger partial charge in [0, 0.05) is 11.8 Å². The highest BCUT2D eigenvalue weighted by Crippen LogP contribution is 2.30. The number of oxime groups is 1. The molecule has 0 bridgehead atoms. The summed E-state index contributed by atoms with van der Waals surface area (Å²) >= 11 is 1.34. The quantitative estimate of drug-likeness (QED) is 0.220. The van der Waals surface area contributed by atoms with Gasteiger partial charge in [0.1, 0.15) is 28.9 Å². The molecule has 1 amide bonds. The Morgan fingerprint density at radius 3 is 2.94 bits per heavy atom. The van der Waals surface area contributed by atoms with E-state index in [0.717, 1.165) is 19.3 Å². The molecule has 1 aromatic rings. The van der Waals surface area contributed by atoms with Gasteiger partial charge in [0.25, 0.3) is 5.91 Å². The predicted molar refractivity (Wildman–Crippen MR) is 129 cm³/mol. The molecule has 5 N–H and O–H groups in total. The van der Waals surface area contributed by atoms with E-state index in [-0.39, 0.29) is 5.75 Å². The van der Waals surface area contributed by atoms with Crippen molar-refractivity contribution in [2.75, 3.05) is 25.5 Å². The lowest BCUT2D eigenvalue weighted by Crippen LogP contribution is -2.54. The number of hydrogen-bond donors (Lipinski definition) is 3. The summed E-state index contributed by atoms with van der Waals surface area (Å²) in [5.74, 6) is 1.15. The highest BCUT2D eigenvalue weighted by molar-refractivity contribution is 8.16. The first-order chi connectivity index (χ1) is 15.8. The van der Waals surface area contributed by atoms with Gasteiger partial charge in [-0.25, -0.2) is 9.79 Å². The maximum absolute atomic E-state index is 13.1. The highest BCUT2D eigenvalue weighted by Gasteiger charge is 2.41. The van der Waals surface area contributed by atoms with Crippen LogP contribution in [-0.4, -0.2) is 47.8 Å². The summed E-state index contributed by atoms with van der Waals surface area (Å²) < 4.78 is 11.1. The molecule has 0 radical (unpaired) electrons. The molecule has 1 aliphatic carbocycles. The van der Waals surface area contributed by atoms with E-state index in [2.05, 4.69) is 15.5 Å². The number of rotatable bonds is 13. The van der Waals surface area contributed by atoms with Gasteiger partial charge in [0.2, 0.25) is 0 Å². The lowest BCUT2D eigenvalue weighted by Gasteiger charge is -2.24. The third kappa shape index (κ3) is 7.31. The first-order valence-electron chi connectivity index (χ1n) is 11.3. The number of ether oxygens (including phenoxy) is 1. The molecule has 11 heteroatoms. The lowest BCUT2D eigenvalue weighted by molar-refractivity contribution is -0.126. The van der Waals surface area contributed by atoms with E-state index in [1.54, 1.807) is 13.0 Å². The molecule has 10 nitrogen and oxygen atoms in total. The Labute approximate surface area is 197 Å². The number of hydrogen-bond acceptors (Lipinski definition) is 10.